The molecule has 0 spiro atoms. The Bertz CT molecular complexity index is 425. The van der Waals surface area contributed by atoms with Gasteiger partial charge in [0.15, 0.2) is 0 Å². The summed E-state index contributed by atoms with van der Waals surface area (Å²) in [5.74, 6) is 1.11. The van der Waals surface area contributed by atoms with Gasteiger partial charge in [0, 0.05) is 25.7 Å². The molecule has 3 nitrogen and oxygen atoms in total. The van der Waals surface area contributed by atoms with E-state index < -0.39 is 0 Å². The zero-order valence-corrected chi connectivity index (χ0v) is 11.3. The van der Waals surface area contributed by atoms with Crippen molar-refractivity contribution in [3.05, 3.63) is 29.3 Å². The quantitative estimate of drug-likeness (QED) is 0.880. The van der Waals surface area contributed by atoms with Crippen LogP contribution in [0.5, 0.6) is 5.75 Å². The molecule has 0 aliphatic carbocycles. The van der Waals surface area contributed by atoms with Gasteiger partial charge in [0.05, 0.1) is 0 Å². The predicted octanol–water partition coefficient (Wildman–Crippen LogP) is 1.80. The molecule has 0 atom stereocenters. The number of likely N-dealkylation sites (tertiary alicyclic amines) is 1. The van der Waals surface area contributed by atoms with Crippen molar-refractivity contribution in [2.45, 2.75) is 39.0 Å². The number of hydrogen-bond acceptors (Lipinski definition) is 3. The molecule has 0 unspecified atom stereocenters. The summed E-state index contributed by atoms with van der Waals surface area (Å²) in [5, 5.41) is 3.41. The largest absolute Gasteiger partial charge is 0.487 e. The van der Waals surface area contributed by atoms with Crippen LogP contribution in [-0.4, -0.2) is 36.7 Å². The lowest BCUT2D eigenvalue weighted by molar-refractivity contribution is -0.000436. The Kier molecular flexibility index (Phi) is 3.27. The van der Waals surface area contributed by atoms with Crippen LogP contribution in [0.3, 0.4) is 0 Å². The van der Waals surface area contributed by atoms with Gasteiger partial charge in [0.2, 0.25) is 0 Å². The molecule has 0 aromatic heterocycles. The molecular weight excluding hydrogens is 224 g/mol. The Labute approximate surface area is 109 Å². The Morgan fingerprint density at radius 3 is 2.94 bits per heavy atom. The molecule has 0 saturated carbocycles. The smallest absolute Gasteiger partial charge is 0.124 e. The lowest BCUT2D eigenvalue weighted by atomic mass is 10.00. The van der Waals surface area contributed by atoms with E-state index in [9.17, 15) is 0 Å². The first-order valence-corrected chi connectivity index (χ1v) is 6.96. The number of ether oxygens (including phenoxy) is 1. The summed E-state index contributed by atoms with van der Waals surface area (Å²) in [6.07, 6.45) is 1.47. The summed E-state index contributed by atoms with van der Waals surface area (Å²) in [7, 11) is 0. The molecule has 1 aromatic carbocycles. The summed E-state index contributed by atoms with van der Waals surface area (Å²) >= 11 is 0. The summed E-state index contributed by atoms with van der Waals surface area (Å²) < 4.78 is 6.16. The van der Waals surface area contributed by atoms with Crippen molar-refractivity contribution in [3.8, 4) is 5.75 Å². The Balaban J connectivity index is 1.67. The molecular formula is C15H22N2O. The first-order chi connectivity index (χ1) is 8.74. The van der Waals surface area contributed by atoms with Gasteiger partial charge in [-0.2, -0.15) is 0 Å². The molecule has 0 bridgehead atoms. The number of nitrogens with one attached hydrogen (secondary N) is 1. The lowest BCUT2D eigenvalue weighted by Crippen LogP contribution is -2.56. The monoisotopic (exact) mass is 246 g/mol. The fourth-order valence-corrected chi connectivity index (χ4v) is 2.75. The lowest BCUT2D eigenvalue weighted by Gasteiger charge is -2.42. The maximum Gasteiger partial charge on any atom is 0.124 e. The molecule has 3 rings (SSSR count). The normalized spacial score (nSPS) is 20.6. The minimum Gasteiger partial charge on any atom is -0.487 e. The van der Waals surface area contributed by atoms with Gasteiger partial charge in [0.25, 0.3) is 0 Å². The average Bonchev–Trinajstić information content (AvgIpc) is 2.33. The third kappa shape index (κ3) is 2.25. The molecule has 1 fully saturated rings. The summed E-state index contributed by atoms with van der Waals surface area (Å²) in [6, 6.07) is 7.08. The molecule has 2 aliphatic heterocycles. The molecule has 1 N–H and O–H groups in total. The highest BCUT2D eigenvalue weighted by Crippen LogP contribution is 2.28. The van der Waals surface area contributed by atoms with Crippen LogP contribution in [0.25, 0.3) is 0 Å². The Morgan fingerprint density at radius 1 is 1.33 bits per heavy atom. The van der Waals surface area contributed by atoms with Crippen LogP contribution >= 0.6 is 0 Å². The highest BCUT2D eigenvalue weighted by atomic mass is 16.5. The van der Waals surface area contributed by atoms with Gasteiger partial charge in [-0.25, -0.2) is 0 Å². The van der Waals surface area contributed by atoms with Crippen LogP contribution < -0.4 is 10.1 Å². The van der Waals surface area contributed by atoms with Gasteiger partial charge in [-0.05, 0) is 44.0 Å². The molecule has 0 radical (unpaired) electrons. The SMILES string of the molecule is CC(C)N1CC(Oc2cccc3c2CCNC3)C1. The van der Waals surface area contributed by atoms with Gasteiger partial charge < -0.3 is 10.1 Å². The van der Waals surface area contributed by atoms with Gasteiger partial charge >= 0.3 is 0 Å². The van der Waals surface area contributed by atoms with E-state index in [0.29, 0.717) is 12.1 Å². The van der Waals surface area contributed by atoms with Gasteiger partial charge in [-0.1, -0.05) is 12.1 Å². The van der Waals surface area contributed by atoms with Gasteiger partial charge in [-0.15, -0.1) is 0 Å². The molecule has 2 aliphatic rings. The van der Waals surface area contributed by atoms with E-state index in [1.54, 1.807) is 0 Å². The molecule has 18 heavy (non-hydrogen) atoms. The number of benzene rings is 1. The Hall–Kier alpha value is -1.06. The molecule has 2 heterocycles. The van der Waals surface area contributed by atoms with Crippen molar-refractivity contribution in [3.63, 3.8) is 0 Å². The fraction of sp³-hybridized carbons (Fsp3) is 0.600. The zero-order valence-electron chi connectivity index (χ0n) is 11.3. The Morgan fingerprint density at radius 2 is 2.17 bits per heavy atom. The second-order valence-electron chi connectivity index (χ2n) is 5.61. The standard InChI is InChI=1S/C15H22N2O/c1-11(2)17-9-13(10-17)18-15-5-3-4-12-8-16-7-6-14(12)15/h3-5,11,13,16H,6-10H2,1-2H3. The van der Waals surface area contributed by atoms with Crippen LogP contribution in [0, 0.1) is 0 Å². The van der Waals surface area contributed by atoms with Crippen molar-refractivity contribution in [2.24, 2.45) is 0 Å². The van der Waals surface area contributed by atoms with Gasteiger partial charge in [-0.3, -0.25) is 4.90 Å². The molecule has 1 saturated heterocycles. The molecule has 0 amide bonds. The maximum absolute atomic E-state index is 6.16. The first kappa shape index (κ1) is 12.0. The van der Waals surface area contributed by atoms with E-state index in [1.165, 1.54) is 11.1 Å². The summed E-state index contributed by atoms with van der Waals surface area (Å²) in [4.78, 5) is 2.45. The molecule has 3 heteroatoms. The van der Waals surface area contributed by atoms with E-state index in [1.807, 2.05) is 0 Å². The number of hydrogen-bond donors (Lipinski definition) is 1. The third-order valence-corrected chi connectivity index (χ3v) is 4.00. The first-order valence-electron chi connectivity index (χ1n) is 6.96. The summed E-state index contributed by atoms with van der Waals surface area (Å²) in [6.45, 7) is 8.67. The highest BCUT2D eigenvalue weighted by Gasteiger charge is 2.30. The predicted molar refractivity (Wildman–Crippen MR) is 73.0 cm³/mol. The van der Waals surface area contributed by atoms with Crippen LogP contribution in [-0.2, 0) is 13.0 Å². The second kappa shape index (κ2) is 4.90. The van der Waals surface area contributed by atoms with Crippen molar-refractivity contribution >= 4 is 0 Å². The van der Waals surface area contributed by atoms with Crippen molar-refractivity contribution in [1.82, 2.24) is 10.2 Å². The summed E-state index contributed by atoms with van der Waals surface area (Å²) in [5.41, 5.74) is 2.82. The van der Waals surface area contributed by atoms with Gasteiger partial charge in [0.1, 0.15) is 11.9 Å². The minimum atomic E-state index is 0.383. The second-order valence-corrected chi connectivity index (χ2v) is 5.61. The topological polar surface area (TPSA) is 24.5 Å². The van der Waals surface area contributed by atoms with E-state index >= 15 is 0 Å². The van der Waals surface area contributed by atoms with Crippen molar-refractivity contribution < 1.29 is 4.74 Å². The van der Waals surface area contributed by atoms with E-state index in [4.69, 9.17) is 4.74 Å². The van der Waals surface area contributed by atoms with Crippen molar-refractivity contribution in [2.75, 3.05) is 19.6 Å². The molecule has 98 valence electrons. The average molecular weight is 246 g/mol. The number of nitrogens with zero attached hydrogens (tertiary/aromatic N) is 1. The third-order valence-electron chi connectivity index (χ3n) is 4.00. The molecule has 1 aromatic rings. The highest BCUT2D eigenvalue weighted by molar-refractivity contribution is 5.42. The maximum atomic E-state index is 6.16. The number of rotatable bonds is 3. The van der Waals surface area contributed by atoms with Crippen molar-refractivity contribution in [1.29, 1.82) is 0 Å². The van der Waals surface area contributed by atoms with E-state index in [0.717, 1.165) is 38.3 Å². The number of fused-ring (bicyclic) bond motifs is 1. The zero-order chi connectivity index (χ0) is 12.5. The van der Waals surface area contributed by atoms with Crippen LogP contribution in [0.2, 0.25) is 0 Å². The minimum absolute atomic E-state index is 0.383. The fourth-order valence-electron chi connectivity index (χ4n) is 2.75. The van der Waals surface area contributed by atoms with Crippen LogP contribution in [0.4, 0.5) is 0 Å². The van der Waals surface area contributed by atoms with E-state index in [-0.39, 0.29) is 0 Å². The van der Waals surface area contributed by atoms with E-state index in [2.05, 4.69) is 42.3 Å². The van der Waals surface area contributed by atoms with Crippen LogP contribution in [0.15, 0.2) is 18.2 Å². The van der Waals surface area contributed by atoms with Crippen LogP contribution in [0.1, 0.15) is 25.0 Å².